The molecule has 0 radical (unpaired) electrons. The summed E-state index contributed by atoms with van der Waals surface area (Å²) in [6.07, 6.45) is 1.24. The van der Waals surface area contributed by atoms with Gasteiger partial charge in [-0.3, -0.25) is 0 Å². The number of benzene rings is 1. The van der Waals surface area contributed by atoms with Crippen LogP contribution in [0.25, 0.3) is 0 Å². The van der Waals surface area contributed by atoms with Crippen LogP contribution < -0.4 is 10.2 Å². The number of rotatable bonds is 8. The molecule has 0 saturated heterocycles. The van der Waals surface area contributed by atoms with Gasteiger partial charge in [0.2, 0.25) is 0 Å². The van der Waals surface area contributed by atoms with Crippen molar-refractivity contribution in [3.05, 3.63) is 29.8 Å². The minimum Gasteiger partial charge on any atom is -0.372 e. The molecule has 1 N–H and O–H groups in total. The fourth-order valence-electron chi connectivity index (χ4n) is 2.07. The zero-order valence-corrected chi connectivity index (χ0v) is 13.2. The Hall–Kier alpha value is -1.02. The quantitative estimate of drug-likeness (QED) is 0.760. The summed E-state index contributed by atoms with van der Waals surface area (Å²) >= 11 is 0. The van der Waals surface area contributed by atoms with Gasteiger partial charge in [-0.15, -0.1) is 0 Å². The molecule has 0 bridgehead atoms. The van der Waals surface area contributed by atoms with E-state index in [1.807, 2.05) is 0 Å². The molecule has 0 heterocycles. The summed E-state index contributed by atoms with van der Waals surface area (Å²) in [5.41, 5.74) is 2.70. The van der Waals surface area contributed by atoms with Gasteiger partial charge >= 0.3 is 0 Å². The lowest BCUT2D eigenvalue weighted by Gasteiger charge is -2.26. The molecule has 0 aliphatic carbocycles. The van der Waals surface area contributed by atoms with E-state index < -0.39 is 0 Å². The normalized spacial score (nSPS) is 12.7. The Morgan fingerprint density at radius 2 is 1.68 bits per heavy atom. The smallest absolute Gasteiger partial charge is 0.0366 e. The van der Waals surface area contributed by atoms with Gasteiger partial charge in [0.25, 0.3) is 0 Å². The van der Waals surface area contributed by atoms with Crippen molar-refractivity contribution in [2.24, 2.45) is 5.92 Å². The number of hydrogen-bond donors (Lipinski definition) is 1. The van der Waals surface area contributed by atoms with E-state index in [1.54, 1.807) is 0 Å². The molecule has 0 spiro atoms. The van der Waals surface area contributed by atoms with Crippen molar-refractivity contribution in [1.82, 2.24) is 5.32 Å². The molecule has 1 atom stereocenters. The first-order valence-corrected chi connectivity index (χ1v) is 7.64. The number of nitrogens with one attached hydrogen (secondary N) is 1. The highest BCUT2D eigenvalue weighted by Crippen LogP contribution is 2.17. The highest BCUT2D eigenvalue weighted by Gasteiger charge is 2.08. The Morgan fingerprint density at radius 1 is 1.05 bits per heavy atom. The van der Waals surface area contributed by atoms with Crippen LogP contribution in [0.1, 0.15) is 46.6 Å². The monoisotopic (exact) mass is 262 g/mol. The van der Waals surface area contributed by atoms with Crippen LogP contribution in [0.3, 0.4) is 0 Å². The fraction of sp³-hybridized carbons (Fsp3) is 0.647. The molecule has 1 aromatic rings. The van der Waals surface area contributed by atoms with E-state index in [2.05, 4.69) is 69.1 Å². The minimum atomic E-state index is 0.539. The van der Waals surface area contributed by atoms with Crippen LogP contribution in [0.15, 0.2) is 24.3 Å². The van der Waals surface area contributed by atoms with Gasteiger partial charge in [0.05, 0.1) is 0 Å². The molecule has 108 valence electrons. The van der Waals surface area contributed by atoms with Crippen LogP contribution in [-0.4, -0.2) is 19.1 Å². The Morgan fingerprint density at radius 3 is 2.16 bits per heavy atom. The molecule has 0 fully saturated rings. The van der Waals surface area contributed by atoms with E-state index in [-0.39, 0.29) is 0 Å². The summed E-state index contributed by atoms with van der Waals surface area (Å²) in [7, 11) is 0. The molecule has 1 rings (SSSR count). The molecule has 2 heteroatoms. The van der Waals surface area contributed by atoms with Gasteiger partial charge in [-0.2, -0.15) is 0 Å². The van der Waals surface area contributed by atoms with Crippen molar-refractivity contribution >= 4 is 5.69 Å². The minimum absolute atomic E-state index is 0.539. The van der Waals surface area contributed by atoms with E-state index in [0.29, 0.717) is 6.04 Å². The van der Waals surface area contributed by atoms with E-state index >= 15 is 0 Å². The van der Waals surface area contributed by atoms with Crippen molar-refractivity contribution in [1.29, 1.82) is 0 Å². The average molecular weight is 262 g/mol. The summed E-state index contributed by atoms with van der Waals surface area (Å²) in [4.78, 5) is 2.47. The molecular weight excluding hydrogens is 232 g/mol. The second kappa shape index (κ2) is 8.21. The van der Waals surface area contributed by atoms with Crippen molar-refractivity contribution in [2.75, 3.05) is 18.0 Å². The van der Waals surface area contributed by atoms with Crippen LogP contribution in [0, 0.1) is 5.92 Å². The maximum absolute atomic E-state index is 3.45. The summed E-state index contributed by atoms with van der Waals surface area (Å²) in [5, 5.41) is 3.45. The fourth-order valence-corrected chi connectivity index (χ4v) is 2.07. The van der Waals surface area contributed by atoms with Crippen LogP contribution in [-0.2, 0) is 6.54 Å². The highest BCUT2D eigenvalue weighted by atomic mass is 15.1. The van der Waals surface area contributed by atoms with Crippen molar-refractivity contribution < 1.29 is 0 Å². The zero-order chi connectivity index (χ0) is 14.3. The van der Waals surface area contributed by atoms with E-state index in [4.69, 9.17) is 0 Å². The van der Waals surface area contributed by atoms with Crippen LogP contribution in [0.5, 0.6) is 0 Å². The lowest BCUT2D eigenvalue weighted by molar-refractivity contribution is 0.548. The molecule has 0 aliphatic heterocycles. The molecule has 0 aliphatic rings. The Balaban J connectivity index is 2.62. The molecule has 0 amide bonds. The Labute approximate surface area is 119 Å². The summed E-state index contributed by atoms with van der Waals surface area (Å²) in [6, 6.07) is 9.53. The standard InChI is InChI=1S/C17H30N2/c1-6-15(5)13-19(7-2)17-10-8-16(9-11-17)12-18-14(3)4/h8-11,14-15,18H,6-7,12-13H2,1-5H3. The second-order valence-electron chi connectivity index (χ2n) is 5.75. The third-order valence-electron chi connectivity index (χ3n) is 3.63. The first kappa shape index (κ1) is 16.0. The van der Waals surface area contributed by atoms with Gasteiger partial charge in [-0.1, -0.05) is 46.2 Å². The maximum Gasteiger partial charge on any atom is 0.0366 e. The van der Waals surface area contributed by atoms with E-state index in [9.17, 15) is 0 Å². The third-order valence-corrected chi connectivity index (χ3v) is 3.63. The number of hydrogen-bond acceptors (Lipinski definition) is 2. The molecule has 1 unspecified atom stereocenters. The van der Waals surface area contributed by atoms with Crippen LogP contribution in [0.4, 0.5) is 5.69 Å². The third kappa shape index (κ3) is 5.65. The molecule has 1 aromatic carbocycles. The number of nitrogens with zero attached hydrogens (tertiary/aromatic N) is 1. The largest absolute Gasteiger partial charge is 0.372 e. The summed E-state index contributed by atoms with van der Waals surface area (Å²) < 4.78 is 0. The SMILES string of the molecule is CCC(C)CN(CC)c1ccc(CNC(C)C)cc1. The summed E-state index contributed by atoms with van der Waals surface area (Å²) in [6.45, 7) is 14.4. The predicted octanol–water partition coefficient (Wildman–Crippen LogP) is 4.06. The highest BCUT2D eigenvalue weighted by molar-refractivity contribution is 5.47. The topological polar surface area (TPSA) is 15.3 Å². The van der Waals surface area contributed by atoms with Gasteiger partial charge in [0, 0.05) is 31.4 Å². The molecule has 0 saturated carbocycles. The lowest BCUT2D eigenvalue weighted by Crippen LogP contribution is -2.28. The Bertz CT molecular complexity index is 343. The van der Waals surface area contributed by atoms with Crippen molar-refractivity contribution in [3.63, 3.8) is 0 Å². The van der Waals surface area contributed by atoms with Gasteiger partial charge < -0.3 is 10.2 Å². The molecule has 0 aromatic heterocycles. The maximum atomic E-state index is 3.45. The predicted molar refractivity (Wildman–Crippen MR) is 85.8 cm³/mol. The van der Waals surface area contributed by atoms with E-state index in [1.165, 1.54) is 17.7 Å². The molecule has 19 heavy (non-hydrogen) atoms. The van der Waals surface area contributed by atoms with Crippen molar-refractivity contribution in [2.45, 2.75) is 53.6 Å². The van der Waals surface area contributed by atoms with Crippen molar-refractivity contribution in [3.8, 4) is 0 Å². The van der Waals surface area contributed by atoms with Crippen LogP contribution >= 0.6 is 0 Å². The summed E-state index contributed by atoms with van der Waals surface area (Å²) in [5.74, 6) is 0.752. The average Bonchev–Trinajstić information content (AvgIpc) is 2.42. The zero-order valence-electron chi connectivity index (χ0n) is 13.2. The number of anilines is 1. The Kier molecular flexibility index (Phi) is 6.93. The van der Waals surface area contributed by atoms with E-state index in [0.717, 1.165) is 25.6 Å². The van der Waals surface area contributed by atoms with Crippen LogP contribution in [0.2, 0.25) is 0 Å². The molecular formula is C17H30N2. The first-order valence-electron chi connectivity index (χ1n) is 7.64. The second-order valence-corrected chi connectivity index (χ2v) is 5.75. The van der Waals surface area contributed by atoms with Gasteiger partial charge in [0.1, 0.15) is 0 Å². The van der Waals surface area contributed by atoms with Gasteiger partial charge in [-0.25, -0.2) is 0 Å². The van der Waals surface area contributed by atoms with Gasteiger partial charge in [0.15, 0.2) is 0 Å². The first-order chi connectivity index (χ1) is 9.06. The molecule has 2 nitrogen and oxygen atoms in total. The lowest BCUT2D eigenvalue weighted by atomic mass is 10.1. The van der Waals surface area contributed by atoms with Gasteiger partial charge in [-0.05, 0) is 30.5 Å².